The molecule has 1 aromatic carbocycles. The average Bonchev–Trinajstić information content (AvgIpc) is 2.48. The minimum Gasteiger partial charge on any atom is -0.481 e. The number of piperidine rings is 1. The largest absolute Gasteiger partial charge is 0.481 e. The van der Waals surface area contributed by atoms with E-state index in [1.165, 1.54) is 5.56 Å². The molecule has 5 heteroatoms. The number of carbonyl (C=O) groups excluding carboxylic acids is 1. The maximum atomic E-state index is 11.6. The van der Waals surface area contributed by atoms with Crippen LogP contribution in [0.2, 0.25) is 0 Å². The van der Waals surface area contributed by atoms with Gasteiger partial charge in [-0.3, -0.25) is 14.5 Å². The van der Waals surface area contributed by atoms with Crippen molar-refractivity contribution in [3.63, 3.8) is 0 Å². The first kappa shape index (κ1) is 15.5. The van der Waals surface area contributed by atoms with Crippen molar-refractivity contribution in [3.8, 4) is 0 Å². The lowest BCUT2D eigenvalue weighted by Crippen LogP contribution is -2.44. The Morgan fingerprint density at radius 3 is 2.43 bits per heavy atom. The summed E-state index contributed by atoms with van der Waals surface area (Å²) in [4.78, 5) is 24.4. The highest BCUT2D eigenvalue weighted by atomic mass is 16.4. The summed E-state index contributed by atoms with van der Waals surface area (Å²) < 4.78 is 0. The van der Waals surface area contributed by atoms with Crippen molar-refractivity contribution in [1.29, 1.82) is 0 Å². The molecule has 0 bridgehead atoms. The van der Waals surface area contributed by atoms with Crippen molar-refractivity contribution in [3.05, 3.63) is 35.9 Å². The minimum absolute atomic E-state index is 0.0690. The second-order valence-electron chi connectivity index (χ2n) is 5.50. The molecule has 2 N–H and O–H groups in total. The van der Waals surface area contributed by atoms with E-state index in [4.69, 9.17) is 5.11 Å². The average molecular weight is 290 g/mol. The fourth-order valence-electron chi connectivity index (χ4n) is 2.60. The second kappa shape index (κ2) is 7.78. The monoisotopic (exact) mass is 290 g/mol. The van der Waals surface area contributed by atoms with E-state index in [-0.39, 0.29) is 24.8 Å². The van der Waals surface area contributed by atoms with Crippen molar-refractivity contribution in [1.82, 2.24) is 10.2 Å². The minimum atomic E-state index is -0.928. The van der Waals surface area contributed by atoms with Gasteiger partial charge in [-0.25, -0.2) is 0 Å². The van der Waals surface area contributed by atoms with Gasteiger partial charge >= 0.3 is 5.97 Å². The van der Waals surface area contributed by atoms with E-state index in [9.17, 15) is 9.59 Å². The van der Waals surface area contributed by atoms with Crippen molar-refractivity contribution in [2.45, 2.75) is 38.3 Å². The molecule has 1 amide bonds. The Bertz CT molecular complexity index is 468. The molecular weight excluding hydrogens is 268 g/mol. The van der Waals surface area contributed by atoms with Crippen molar-refractivity contribution in [2.75, 3.05) is 13.1 Å². The molecule has 0 spiro atoms. The van der Waals surface area contributed by atoms with Gasteiger partial charge in [0.25, 0.3) is 0 Å². The highest BCUT2D eigenvalue weighted by Gasteiger charge is 2.20. The third kappa shape index (κ3) is 5.55. The van der Waals surface area contributed by atoms with Crippen LogP contribution >= 0.6 is 0 Å². The normalized spacial score (nSPS) is 16.6. The van der Waals surface area contributed by atoms with Gasteiger partial charge in [-0.05, 0) is 18.4 Å². The first-order valence-corrected chi connectivity index (χ1v) is 7.41. The van der Waals surface area contributed by atoms with Crippen LogP contribution in [0.1, 0.15) is 31.2 Å². The summed E-state index contributed by atoms with van der Waals surface area (Å²) in [5, 5.41) is 11.5. The van der Waals surface area contributed by atoms with Gasteiger partial charge in [0, 0.05) is 32.1 Å². The maximum Gasteiger partial charge on any atom is 0.303 e. The molecule has 1 fully saturated rings. The molecule has 0 saturated carbocycles. The van der Waals surface area contributed by atoms with E-state index < -0.39 is 5.97 Å². The van der Waals surface area contributed by atoms with Gasteiger partial charge in [0.05, 0.1) is 6.42 Å². The molecule has 1 aliphatic heterocycles. The predicted octanol–water partition coefficient (Wildman–Crippen LogP) is 1.63. The SMILES string of the molecule is O=C(O)CCC(=O)NC1CCN(Cc2ccccc2)CC1. The van der Waals surface area contributed by atoms with E-state index in [2.05, 4.69) is 22.3 Å². The smallest absolute Gasteiger partial charge is 0.303 e. The Kier molecular flexibility index (Phi) is 5.75. The van der Waals surface area contributed by atoms with Gasteiger partial charge in [-0.1, -0.05) is 30.3 Å². The zero-order valence-corrected chi connectivity index (χ0v) is 12.1. The molecule has 1 aromatic rings. The van der Waals surface area contributed by atoms with E-state index >= 15 is 0 Å². The number of nitrogens with zero attached hydrogens (tertiary/aromatic N) is 1. The summed E-state index contributed by atoms with van der Waals surface area (Å²) in [6.07, 6.45) is 1.82. The molecule has 0 atom stereocenters. The molecule has 0 unspecified atom stereocenters. The van der Waals surface area contributed by atoms with Gasteiger partial charge in [-0.2, -0.15) is 0 Å². The second-order valence-corrected chi connectivity index (χ2v) is 5.50. The highest BCUT2D eigenvalue weighted by molar-refractivity contribution is 5.80. The number of carboxylic acids is 1. The van der Waals surface area contributed by atoms with E-state index in [0.29, 0.717) is 0 Å². The molecule has 5 nitrogen and oxygen atoms in total. The number of hydrogen-bond donors (Lipinski definition) is 2. The zero-order valence-electron chi connectivity index (χ0n) is 12.1. The zero-order chi connectivity index (χ0) is 15.1. The fourth-order valence-corrected chi connectivity index (χ4v) is 2.60. The molecule has 2 rings (SSSR count). The number of aliphatic carboxylic acids is 1. The summed E-state index contributed by atoms with van der Waals surface area (Å²) in [5.74, 6) is -1.08. The number of nitrogens with one attached hydrogen (secondary N) is 1. The van der Waals surface area contributed by atoms with Crippen LogP contribution in [0.15, 0.2) is 30.3 Å². The molecule has 0 aromatic heterocycles. The summed E-state index contributed by atoms with van der Waals surface area (Å²) in [7, 11) is 0. The summed E-state index contributed by atoms with van der Waals surface area (Å²) in [6.45, 7) is 2.86. The van der Waals surface area contributed by atoms with Crippen LogP contribution in [0.3, 0.4) is 0 Å². The third-order valence-electron chi connectivity index (χ3n) is 3.77. The number of amides is 1. The third-order valence-corrected chi connectivity index (χ3v) is 3.77. The van der Waals surface area contributed by atoms with Crippen molar-refractivity contribution < 1.29 is 14.7 Å². The molecule has 21 heavy (non-hydrogen) atoms. The lowest BCUT2D eigenvalue weighted by molar-refractivity contribution is -0.139. The van der Waals surface area contributed by atoms with Gasteiger partial charge in [0.15, 0.2) is 0 Å². The summed E-state index contributed by atoms with van der Waals surface area (Å²) in [5.41, 5.74) is 1.31. The molecule has 0 radical (unpaired) electrons. The number of benzene rings is 1. The van der Waals surface area contributed by atoms with Gasteiger partial charge in [-0.15, -0.1) is 0 Å². The van der Waals surface area contributed by atoms with E-state index in [1.54, 1.807) is 0 Å². The Morgan fingerprint density at radius 1 is 1.14 bits per heavy atom. The Morgan fingerprint density at radius 2 is 1.81 bits per heavy atom. The quantitative estimate of drug-likeness (QED) is 0.835. The number of likely N-dealkylation sites (tertiary alicyclic amines) is 1. The van der Waals surface area contributed by atoms with Crippen LogP contribution in [-0.4, -0.2) is 41.0 Å². The van der Waals surface area contributed by atoms with Gasteiger partial charge < -0.3 is 10.4 Å². The van der Waals surface area contributed by atoms with Crippen LogP contribution in [0.25, 0.3) is 0 Å². The van der Waals surface area contributed by atoms with E-state index in [1.807, 2.05) is 18.2 Å². The molecule has 0 aliphatic carbocycles. The van der Waals surface area contributed by atoms with Crippen LogP contribution < -0.4 is 5.32 Å². The Balaban J connectivity index is 1.68. The van der Waals surface area contributed by atoms with Crippen molar-refractivity contribution >= 4 is 11.9 Å². The summed E-state index contributed by atoms with van der Waals surface area (Å²) in [6, 6.07) is 10.5. The lowest BCUT2D eigenvalue weighted by Gasteiger charge is -2.32. The van der Waals surface area contributed by atoms with Crippen LogP contribution in [-0.2, 0) is 16.1 Å². The summed E-state index contributed by atoms with van der Waals surface area (Å²) >= 11 is 0. The molecule has 1 heterocycles. The maximum absolute atomic E-state index is 11.6. The van der Waals surface area contributed by atoms with Crippen molar-refractivity contribution in [2.24, 2.45) is 0 Å². The number of carboxylic acid groups (broad SMARTS) is 1. The van der Waals surface area contributed by atoms with Gasteiger partial charge in [0.1, 0.15) is 0 Å². The molecular formula is C16H22N2O3. The highest BCUT2D eigenvalue weighted by Crippen LogP contribution is 2.14. The number of rotatable bonds is 6. The Labute approximate surface area is 125 Å². The van der Waals surface area contributed by atoms with Crippen LogP contribution in [0, 0.1) is 0 Å². The number of hydrogen-bond acceptors (Lipinski definition) is 3. The van der Waals surface area contributed by atoms with Gasteiger partial charge in [0.2, 0.25) is 5.91 Å². The first-order chi connectivity index (χ1) is 10.1. The fraction of sp³-hybridized carbons (Fsp3) is 0.500. The first-order valence-electron chi connectivity index (χ1n) is 7.41. The Hall–Kier alpha value is -1.88. The van der Waals surface area contributed by atoms with E-state index in [0.717, 1.165) is 32.5 Å². The topological polar surface area (TPSA) is 69.6 Å². The predicted molar refractivity (Wildman–Crippen MR) is 79.8 cm³/mol. The molecule has 1 saturated heterocycles. The lowest BCUT2D eigenvalue weighted by atomic mass is 10.0. The molecule has 114 valence electrons. The van der Waals surface area contributed by atoms with Crippen LogP contribution in [0.4, 0.5) is 0 Å². The molecule has 1 aliphatic rings. The standard InChI is InChI=1S/C16H22N2O3/c19-15(6-7-16(20)21)17-14-8-10-18(11-9-14)12-13-4-2-1-3-5-13/h1-5,14H,6-12H2,(H,17,19)(H,20,21). The number of carbonyl (C=O) groups is 2. The van der Waals surface area contributed by atoms with Crippen LogP contribution in [0.5, 0.6) is 0 Å².